The molecule has 0 bridgehead atoms. The molecule has 0 fully saturated rings. The van der Waals surface area contributed by atoms with Gasteiger partial charge in [-0.05, 0) is 19.9 Å². The molecule has 1 rings (SSSR count). The van der Waals surface area contributed by atoms with Crippen molar-refractivity contribution < 1.29 is 4.92 Å². The summed E-state index contributed by atoms with van der Waals surface area (Å²) in [6, 6.07) is 1.85. The Hall–Kier alpha value is -1.49. The third kappa shape index (κ3) is 3.49. The molecule has 1 aromatic heterocycles. The smallest absolute Gasteiger partial charge is 0.275 e. The van der Waals surface area contributed by atoms with Crippen LogP contribution in [0.4, 0.5) is 5.69 Å². The van der Waals surface area contributed by atoms with Crippen LogP contribution in [0.5, 0.6) is 0 Å². The molecular formula is C12H19N3O2. The molecule has 1 heterocycles. The number of likely N-dealkylation sites (N-methyl/N-ethyl adjacent to an activating group) is 1. The summed E-state index contributed by atoms with van der Waals surface area (Å²) in [5.74, 6) is 0.460. The minimum atomic E-state index is -0.357. The van der Waals surface area contributed by atoms with E-state index in [1.54, 1.807) is 19.2 Å². The molecule has 0 aliphatic carbocycles. The topological polar surface area (TPSA) is 68.1 Å². The summed E-state index contributed by atoms with van der Waals surface area (Å²) in [6.45, 7) is 5.93. The number of aryl methyl sites for hydroxylation is 1. The van der Waals surface area contributed by atoms with Crippen molar-refractivity contribution in [2.24, 2.45) is 5.92 Å². The summed E-state index contributed by atoms with van der Waals surface area (Å²) < 4.78 is 0. The molecule has 0 aromatic carbocycles. The average molecular weight is 237 g/mol. The second-order valence-corrected chi connectivity index (χ2v) is 4.56. The van der Waals surface area contributed by atoms with Crippen molar-refractivity contribution in [3.05, 3.63) is 33.6 Å². The highest BCUT2D eigenvalue weighted by Gasteiger charge is 2.16. The number of hydrogen-bond donors (Lipinski definition) is 1. The highest BCUT2D eigenvalue weighted by molar-refractivity contribution is 5.38. The summed E-state index contributed by atoms with van der Waals surface area (Å²) >= 11 is 0. The maximum atomic E-state index is 10.8. The number of pyridine rings is 1. The van der Waals surface area contributed by atoms with Crippen LogP contribution < -0.4 is 5.32 Å². The molecular weight excluding hydrogens is 218 g/mol. The van der Waals surface area contributed by atoms with E-state index in [0.29, 0.717) is 17.9 Å². The molecule has 0 saturated carbocycles. The van der Waals surface area contributed by atoms with Gasteiger partial charge in [-0.3, -0.25) is 15.1 Å². The number of hydrogen-bond acceptors (Lipinski definition) is 4. The van der Waals surface area contributed by atoms with Crippen LogP contribution in [0.2, 0.25) is 0 Å². The van der Waals surface area contributed by atoms with Crippen LogP contribution >= 0.6 is 0 Å². The van der Waals surface area contributed by atoms with Gasteiger partial charge in [0.15, 0.2) is 0 Å². The zero-order valence-corrected chi connectivity index (χ0v) is 10.7. The standard InChI is InChI=1S/C12H19N3O2/c1-8(2)11(13-4)5-10-6-12(15(16)17)9(3)7-14-10/h6-8,11,13H,5H2,1-4H3. The van der Waals surface area contributed by atoms with Gasteiger partial charge in [0, 0.05) is 36.0 Å². The molecule has 0 radical (unpaired) electrons. The predicted molar refractivity (Wildman–Crippen MR) is 67.0 cm³/mol. The van der Waals surface area contributed by atoms with Crippen molar-refractivity contribution in [2.45, 2.75) is 33.2 Å². The lowest BCUT2D eigenvalue weighted by Crippen LogP contribution is -2.33. The number of nitrogens with one attached hydrogen (secondary N) is 1. The van der Waals surface area contributed by atoms with Crippen molar-refractivity contribution in [1.82, 2.24) is 10.3 Å². The molecule has 1 aromatic rings. The fourth-order valence-electron chi connectivity index (χ4n) is 1.76. The van der Waals surface area contributed by atoms with Crippen LogP contribution in [-0.2, 0) is 6.42 Å². The molecule has 1 unspecified atom stereocenters. The molecule has 1 atom stereocenters. The van der Waals surface area contributed by atoms with Gasteiger partial charge in [0.05, 0.1) is 4.92 Å². The molecule has 94 valence electrons. The number of nitro groups is 1. The van der Waals surface area contributed by atoms with Crippen molar-refractivity contribution >= 4 is 5.69 Å². The molecule has 0 amide bonds. The van der Waals surface area contributed by atoms with Gasteiger partial charge < -0.3 is 5.32 Å². The van der Waals surface area contributed by atoms with Crippen molar-refractivity contribution in [1.29, 1.82) is 0 Å². The Kier molecular flexibility index (Phi) is 4.57. The molecule has 1 N–H and O–H groups in total. The Labute approximate surface area is 101 Å². The molecule has 0 spiro atoms. The Morgan fingerprint density at radius 1 is 1.53 bits per heavy atom. The van der Waals surface area contributed by atoms with E-state index in [1.165, 1.54) is 0 Å². The fraction of sp³-hybridized carbons (Fsp3) is 0.583. The number of rotatable bonds is 5. The zero-order chi connectivity index (χ0) is 13.0. The van der Waals surface area contributed by atoms with Crippen LogP contribution in [0.15, 0.2) is 12.3 Å². The van der Waals surface area contributed by atoms with E-state index >= 15 is 0 Å². The first-order valence-electron chi connectivity index (χ1n) is 5.73. The highest BCUT2D eigenvalue weighted by atomic mass is 16.6. The Morgan fingerprint density at radius 2 is 2.18 bits per heavy atom. The molecule has 5 nitrogen and oxygen atoms in total. The number of aromatic nitrogens is 1. The third-order valence-electron chi connectivity index (χ3n) is 2.93. The van der Waals surface area contributed by atoms with Crippen LogP contribution in [0.1, 0.15) is 25.1 Å². The molecule has 0 aliphatic heterocycles. The van der Waals surface area contributed by atoms with Crippen molar-refractivity contribution in [3.8, 4) is 0 Å². The van der Waals surface area contributed by atoms with Crippen molar-refractivity contribution in [3.63, 3.8) is 0 Å². The largest absolute Gasteiger partial charge is 0.316 e. The molecule has 0 saturated heterocycles. The summed E-state index contributed by atoms with van der Waals surface area (Å²) in [5.41, 5.74) is 1.51. The first-order chi connectivity index (χ1) is 7.95. The van der Waals surface area contributed by atoms with Gasteiger partial charge in [0.25, 0.3) is 5.69 Å². The zero-order valence-electron chi connectivity index (χ0n) is 10.7. The first-order valence-corrected chi connectivity index (χ1v) is 5.73. The summed E-state index contributed by atoms with van der Waals surface area (Å²) in [4.78, 5) is 14.7. The summed E-state index contributed by atoms with van der Waals surface area (Å²) in [6.07, 6.45) is 2.27. The summed E-state index contributed by atoms with van der Waals surface area (Å²) in [7, 11) is 1.90. The Bertz CT molecular complexity index is 405. The van der Waals surface area contributed by atoms with E-state index in [1.807, 2.05) is 7.05 Å². The maximum absolute atomic E-state index is 10.8. The predicted octanol–water partition coefficient (Wildman–Crippen LogP) is 2.08. The van der Waals surface area contributed by atoms with E-state index in [-0.39, 0.29) is 16.7 Å². The second kappa shape index (κ2) is 5.72. The normalized spacial score (nSPS) is 12.8. The SMILES string of the molecule is CNC(Cc1cc([N+](=O)[O-])c(C)cn1)C(C)C. The van der Waals surface area contributed by atoms with Crippen LogP contribution in [0, 0.1) is 23.0 Å². The minimum Gasteiger partial charge on any atom is -0.316 e. The van der Waals surface area contributed by atoms with Gasteiger partial charge >= 0.3 is 0 Å². The van der Waals surface area contributed by atoms with Gasteiger partial charge in [0.2, 0.25) is 0 Å². The minimum absolute atomic E-state index is 0.147. The van der Waals surface area contributed by atoms with Crippen LogP contribution in [0.25, 0.3) is 0 Å². The monoisotopic (exact) mass is 237 g/mol. The van der Waals surface area contributed by atoms with Gasteiger partial charge in [0.1, 0.15) is 0 Å². The molecule has 0 aliphatic rings. The second-order valence-electron chi connectivity index (χ2n) is 4.56. The van der Waals surface area contributed by atoms with E-state index < -0.39 is 0 Å². The maximum Gasteiger partial charge on any atom is 0.275 e. The van der Waals surface area contributed by atoms with Crippen LogP contribution in [0.3, 0.4) is 0 Å². The molecule has 5 heteroatoms. The van der Waals surface area contributed by atoms with Crippen LogP contribution in [-0.4, -0.2) is 23.0 Å². The van der Waals surface area contributed by atoms with Gasteiger partial charge in [-0.25, -0.2) is 0 Å². The quantitative estimate of drug-likeness (QED) is 0.629. The lowest BCUT2D eigenvalue weighted by Gasteiger charge is -2.19. The highest BCUT2D eigenvalue weighted by Crippen LogP contribution is 2.19. The fourth-order valence-corrected chi connectivity index (χ4v) is 1.76. The lowest BCUT2D eigenvalue weighted by atomic mass is 9.99. The van der Waals surface area contributed by atoms with E-state index in [0.717, 1.165) is 5.69 Å². The van der Waals surface area contributed by atoms with Gasteiger partial charge in [-0.15, -0.1) is 0 Å². The van der Waals surface area contributed by atoms with E-state index in [9.17, 15) is 10.1 Å². The van der Waals surface area contributed by atoms with E-state index in [4.69, 9.17) is 0 Å². The van der Waals surface area contributed by atoms with Gasteiger partial charge in [-0.1, -0.05) is 13.8 Å². The first kappa shape index (κ1) is 13.6. The number of nitrogens with zero attached hydrogens (tertiary/aromatic N) is 2. The van der Waals surface area contributed by atoms with Gasteiger partial charge in [-0.2, -0.15) is 0 Å². The molecule has 17 heavy (non-hydrogen) atoms. The van der Waals surface area contributed by atoms with Crippen molar-refractivity contribution in [2.75, 3.05) is 7.05 Å². The average Bonchev–Trinajstić information content (AvgIpc) is 2.27. The Balaban J connectivity index is 2.92. The lowest BCUT2D eigenvalue weighted by molar-refractivity contribution is -0.385. The summed E-state index contributed by atoms with van der Waals surface area (Å²) in [5, 5.41) is 14.0. The van der Waals surface area contributed by atoms with E-state index in [2.05, 4.69) is 24.1 Å². The third-order valence-corrected chi connectivity index (χ3v) is 2.93. The Morgan fingerprint density at radius 3 is 2.65 bits per heavy atom.